The number of hydrogen-bond donors (Lipinski definition) is 1. The summed E-state index contributed by atoms with van der Waals surface area (Å²) in [6.07, 6.45) is 6.59. The highest BCUT2D eigenvalue weighted by Gasteiger charge is 2.17. The van der Waals surface area contributed by atoms with Gasteiger partial charge < -0.3 is 0 Å². The zero-order valence-corrected chi connectivity index (χ0v) is 11.9. The lowest BCUT2D eigenvalue weighted by Gasteiger charge is -2.23. The number of hydrazine groups is 1. The predicted molar refractivity (Wildman–Crippen MR) is 76.5 cm³/mol. The molecule has 0 rings (SSSR count). The smallest absolute Gasteiger partial charge is 0.230 e. The van der Waals surface area contributed by atoms with Crippen LogP contribution in [0.2, 0.25) is 0 Å². The van der Waals surface area contributed by atoms with Crippen molar-refractivity contribution < 1.29 is 19.1 Å². The summed E-state index contributed by atoms with van der Waals surface area (Å²) < 4.78 is 10.1. The van der Waals surface area contributed by atoms with Gasteiger partial charge in [-0.3, -0.25) is 0 Å². The van der Waals surface area contributed by atoms with E-state index >= 15 is 0 Å². The van der Waals surface area contributed by atoms with Gasteiger partial charge in [-0.05, 0) is 0 Å². The number of rotatable bonds is 14. The molecule has 0 aliphatic heterocycles. The van der Waals surface area contributed by atoms with Gasteiger partial charge in [-0.2, -0.15) is 14.5 Å². The van der Waals surface area contributed by atoms with Gasteiger partial charge in [0.05, 0.1) is 0 Å². The van der Waals surface area contributed by atoms with E-state index < -0.39 is 8.53 Å². The normalized spacial score (nSPS) is 10.6. The van der Waals surface area contributed by atoms with Gasteiger partial charge in [0.15, 0.2) is 0 Å². The quantitative estimate of drug-likeness (QED) is 0.174. The van der Waals surface area contributed by atoms with Crippen molar-refractivity contribution in [2.75, 3.05) is 26.3 Å². The second-order valence-electron chi connectivity index (χ2n) is 3.13. The van der Waals surface area contributed by atoms with Gasteiger partial charge in [-0.25, -0.2) is 14.8 Å². The molecule has 0 saturated carbocycles. The summed E-state index contributed by atoms with van der Waals surface area (Å²) in [4.78, 5) is 9.74. The molecule has 0 heterocycles. The van der Waals surface area contributed by atoms with E-state index in [2.05, 4.69) is 31.5 Å². The maximum absolute atomic E-state index is 5.04. The maximum atomic E-state index is 5.04. The van der Waals surface area contributed by atoms with Crippen molar-refractivity contribution in [3.63, 3.8) is 0 Å². The van der Waals surface area contributed by atoms with Gasteiger partial charge >= 0.3 is 8.53 Å². The molecule has 0 bridgehead atoms. The largest absolute Gasteiger partial charge is 0.334 e. The molecule has 0 saturated heterocycles. The fraction of sp³-hybridized carbons (Fsp3) is 0.333. The van der Waals surface area contributed by atoms with Crippen LogP contribution in [0.3, 0.4) is 0 Å². The zero-order valence-electron chi connectivity index (χ0n) is 11.0. The van der Waals surface area contributed by atoms with Crippen LogP contribution in [0.25, 0.3) is 0 Å². The second-order valence-corrected chi connectivity index (χ2v) is 4.15. The summed E-state index contributed by atoms with van der Waals surface area (Å²) in [5, 5.41) is 4.76. The third kappa shape index (κ3) is 10.7. The molecule has 0 unspecified atom stereocenters. The summed E-state index contributed by atoms with van der Waals surface area (Å²) in [5.41, 5.74) is 0. The van der Waals surface area contributed by atoms with Crippen LogP contribution in [-0.2, 0) is 19.1 Å². The molecule has 0 fully saturated rings. The van der Waals surface area contributed by atoms with Gasteiger partial charge in [0.2, 0.25) is 0 Å². The molecule has 1 N–H and O–H groups in total. The third-order valence-corrected chi connectivity index (χ3v) is 2.46. The van der Waals surface area contributed by atoms with Gasteiger partial charge in [0.1, 0.15) is 13.2 Å². The van der Waals surface area contributed by atoms with E-state index in [1.165, 1.54) is 0 Å². The van der Waals surface area contributed by atoms with E-state index in [1.54, 1.807) is 29.3 Å². The van der Waals surface area contributed by atoms with Gasteiger partial charge in [0.25, 0.3) is 0 Å². The Morgan fingerprint density at radius 1 is 0.842 bits per heavy atom. The fourth-order valence-electron chi connectivity index (χ4n) is 0.882. The Hall–Kier alpha value is -0.850. The van der Waals surface area contributed by atoms with Crippen molar-refractivity contribution in [2.24, 2.45) is 0 Å². The first-order chi connectivity index (χ1) is 9.28. The Labute approximate surface area is 115 Å². The molecule has 0 aliphatic carbocycles. The molecule has 0 amide bonds. The summed E-state index contributed by atoms with van der Waals surface area (Å²) in [7, 11) is -1.61. The number of nitrogens with one attached hydrogen (secondary N) is 1. The van der Waals surface area contributed by atoms with E-state index in [4.69, 9.17) is 19.1 Å². The van der Waals surface area contributed by atoms with E-state index in [-0.39, 0.29) is 13.2 Å². The molecule has 0 atom stereocenters. The van der Waals surface area contributed by atoms with Crippen LogP contribution >= 0.6 is 8.53 Å². The van der Waals surface area contributed by atoms with Crippen molar-refractivity contribution in [1.29, 1.82) is 0 Å². The van der Waals surface area contributed by atoms with Crippen LogP contribution in [0.15, 0.2) is 50.6 Å². The lowest BCUT2D eigenvalue weighted by atomic mass is 10.5. The summed E-state index contributed by atoms with van der Waals surface area (Å²) in [6.45, 7) is 16.0. The average Bonchev–Trinajstić information content (AvgIpc) is 2.39. The SMILES string of the molecule is C=CCOOP(NN(CC=C)CC=C)OOCC=C. The minimum absolute atomic E-state index is 0.244. The van der Waals surface area contributed by atoms with Crippen LogP contribution in [0.1, 0.15) is 0 Å². The van der Waals surface area contributed by atoms with Crippen LogP contribution in [0.4, 0.5) is 0 Å². The number of nitrogens with zero attached hydrogens (tertiary/aromatic N) is 1. The molecule has 0 aromatic heterocycles. The Morgan fingerprint density at radius 3 is 1.68 bits per heavy atom. The van der Waals surface area contributed by atoms with Gasteiger partial charge in [-0.1, -0.05) is 24.3 Å². The van der Waals surface area contributed by atoms with E-state index in [9.17, 15) is 0 Å². The standard InChI is InChI=1S/C12H21N2O4P/c1-5-9-14(10-6-2)13-19(17-15-11-7-3)18-16-12-8-4/h5-8,13H,1-4,9-12H2. The van der Waals surface area contributed by atoms with E-state index in [1.807, 2.05) is 0 Å². The number of hydrogen-bond acceptors (Lipinski definition) is 6. The first-order valence-electron chi connectivity index (χ1n) is 5.62. The molecule has 7 heteroatoms. The Balaban J connectivity index is 4.23. The van der Waals surface area contributed by atoms with Crippen LogP contribution in [-0.4, -0.2) is 31.3 Å². The predicted octanol–water partition coefficient (Wildman–Crippen LogP) is 2.66. The highest BCUT2D eigenvalue weighted by molar-refractivity contribution is 7.44. The highest BCUT2D eigenvalue weighted by Crippen LogP contribution is 2.34. The first-order valence-corrected chi connectivity index (χ1v) is 6.80. The van der Waals surface area contributed by atoms with Crippen LogP contribution < -0.4 is 5.20 Å². The van der Waals surface area contributed by atoms with Crippen molar-refractivity contribution in [2.45, 2.75) is 0 Å². The van der Waals surface area contributed by atoms with Crippen molar-refractivity contribution in [1.82, 2.24) is 10.2 Å². The van der Waals surface area contributed by atoms with Crippen LogP contribution in [0.5, 0.6) is 0 Å². The molecule has 0 aromatic rings. The summed E-state index contributed by atoms with van der Waals surface area (Å²) >= 11 is 0. The van der Waals surface area contributed by atoms with Gasteiger partial charge in [0, 0.05) is 13.1 Å². The van der Waals surface area contributed by atoms with Crippen molar-refractivity contribution >= 4 is 8.53 Å². The molecular formula is C12H21N2O4P. The lowest BCUT2D eigenvalue weighted by molar-refractivity contribution is -0.250. The molecule has 0 radical (unpaired) electrons. The van der Waals surface area contributed by atoms with E-state index in [0.717, 1.165) is 0 Å². The minimum Gasteiger partial charge on any atom is -0.230 e. The monoisotopic (exact) mass is 288 g/mol. The average molecular weight is 288 g/mol. The highest BCUT2D eigenvalue weighted by atomic mass is 31.2. The maximum Gasteiger partial charge on any atom is 0.334 e. The molecule has 6 nitrogen and oxygen atoms in total. The third-order valence-electron chi connectivity index (χ3n) is 1.53. The topological polar surface area (TPSA) is 52.2 Å². The minimum atomic E-state index is -1.61. The zero-order chi connectivity index (χ0) is 14.3. The first kappa shape index (κ1) is 18.1. The Bertz CT molecular complexity index is 252. The molecule has 19 heavy (non-hydrogen) atoms. The fourth-order valence-corrected chi connectivity index (χ4v) is 1.68. The molecule has 0 spiro atoms. The summed E-state index contributed by atoms with van der Waals surface area (Å²) in [6, 6.07) is 0. The Kier molecular flexibility index (Phi) is 13.0. The lowest BCUT2D eigenvalue weighted by Crippen LogP contribution is -2.35. The van der Waals surface area contributed by atoms with E-state index in [0.29, 0.717) is 13.1 Å². The second kappa shape index (κ2) is 13.6. The van der Waals surface area contributed by atoms with Gasteiger partial charge in [-0.15, -0.1) is 26.3 Å². The molecular weight excluding hydrogens is 267 g/mol. The summed E-state index contributed by atoms with van der Waals surface area (Å²) in [5.74, 6) is 0. The molecule has 108 valence electrons. The Morgan fingerprint density at radius 2 is 1.32 bits per heavy atom. The molecule has 0 aromatic carbocycles. The molecule has 0 aliphatic rings. The van der Waals surface area contributed by atoms with Crippen LogP contribution in [0, 0.1) is 0 Å². The van der Waals surface area contributed by atoms with Crippen molar-refractivity contribution in [3.8, 4) is 0 Å². The van der Waals surface area contributed by atoms with Crippen molar-refractivity contribution in [3.05, 3.63) is 50.6 Å².